The van der Waals surface area contributed by atoms with Crippen LogP contribution >= 0.6 is 11.3 Å². The highest BCUT2D eigenvalue weighted by molar-refractivity contribution is 7.93. The number of fused-ring (bicyclic) bond motifs is 1. The molecule has 1 aromatic heterocycles. The van der Waals surface area contributed by atoms with E-state index in [0.717, 1.165) is 10.2 Å². The second-order valence-corrected chi connectivity index (χ2v) is 8.86. The van der Waals surface area contributed by atoms with Gasteiger partial charge in [0.2, 0.25) is 14.2 Å². The van der Waals surface area contributed by atoms with Crippen LogP contribution in [0.25, 0.3) is 10.2 Å². The summed E-state index contributed by atoms with van der Waals surface area (Å²) in [7, 11) is -3.41. The molecule has 1 aliphatic heterocycles. The summed E-state index contributed by atoms with van der Waals surface area (Å²) in [5.74, 6) is -0.783. The number of benzene rings is 1. The third-order valence-electron chi connectivity index (χ3n) is 3.33. The molecular formula is C14H17NO4S2. The molecule has 0 atom stereocenters. The van der Waals surface area contributed by atoms with Gasteiger partial charge in [0, 0.05) is 5.92 Å². The lowest BCUT2D eigenvalue weighted by Crippen LogP contribution is -2.41. The smallest absolute Gasteiger partial charge is 0.210 e. The van der Waals surface area contributed by atoms with Crippen LogP contribution in [0.4, 0.5) is 0 Å². The zero-order valence-electron chi connectivity index (χ0n) is 11.9. The van der Waals surface area contributed by atoms with Crippen LogP contribution in [0.3, 0.4) is 0 Å². The summed E-state index contributed by atoms with van der Waals surface area (Å²) in [6.45, 7) is 4.42. The molecule has 3 rings (SSSR count). The highest BCUT2D eigenvalue weighted by Gasteiger charge is 2.32. The molecule has 114 valence electrons. The molecule has 21 heavy (non-hydrogen) atoms. The second kappa shape index (κ2) is 5.31. The molecule has 0 amide bonds. The molecule has 0 spiro atoms. The first kappa shape index (κ1) is 14.9. The molecule has 7 heteroatoms. The quantitative estimate of drug-likeness (QED) is 0.866. The molecule has 1 fully saturated rings. The maximum atomic E-state index is 12.5. The van der Waals surface area contributed by atoms with Crippen molar-refractivity contribution in [2.45, 2.75) is 24.0 Å². The topological polar surface area (TPSA) is 65.5 Å². The Morgan fingerprint density at radius 2 is 1.95 bits per heavy atom. The highest BCUT2D eigenvalue weighted by Crippen LogP contribution is 2.28. The van der Waals surface area contributed by atoms with Gasteiger partial charge in [-0.25, -0.2) is 13.4 Å². The molecule has 1 aromatic carbocycles. The molecule has 0 bridgehead atoms. The zero-order valence-corrected chi connectivity index (χ0v) is 13.5. The number of hydrogen-bond acceptors (Lipinski definition) is 6. The minimum absolute atomic E-state index is 0.00288. The number of nitrogens with zero attached hydrogens (tertiary/aromatic N) is 1. The van der Waals surface area contributed by atoms with Crippen molar-refractivity contribution in [2.24, 2.45) is 5.92 Å². The largest absolute Gasteiger partial charge is 0.350 e. The first-order valence-corrected chi connectivity index (χ1v) is 9.19. The van der Waals surface area contributed by atoms with Crippen LogP contribution in [0.2, 0.25) is 0 Å². The average Bonchev–Trinajstić information content (AvgIpc) is 2.86. The van der Waals surface area contributed by atoms with Crippen LogP contribution in [0, 0.1) is 5.92 Å². The number of aromatic nitrogens is 1. The molecule has 0 N–H and O–H groups in total. The van der Waals surface area contributed by atoms with Crippen molar-refractivity contribution in [2.75, 3.05) is 19.0 Å². The van der Waals surface area contributed by atoms with Gasteiger partial charge in [0.05, 0.1) is 29.2 Å². The van der Waals surface area contributed by atoms with E-state index in [4.69, 9.17) is 9.47 Å². The molecule has 0 unspecified atom stereocenters. The van der Waals surface area contributed by atoms with Crippen LogP contribution in [-0.2, 0) is 19.3 Å². The highest BCUT2D eigenvalue weighted by atomic mass is 32.2. The Bertz CT molecular complexity index is 708. The monoisotopic (exact) mass is 327 g/mol. The van der Waals surface area contributed by atoms with Crippen molar-refractivity contribution in [3.8, 4) is 0 Å². The predicted octanol–water partition coefficient (Wildman–Crippen LogP) is 2.47. The summed E-state index contributed by atoms with van der Waals surface area (Å²) in [4.78, 5) is 4.23. The number of para-hydroxylation sites is 1. The van der Waals surface area contributed by atoms with Crippen LogP contribution in [0.15, 0.2) is 28.6 Å². The molecule has 0 radical (unpaired) electrons. The molecule has 2 heterocycles. The van der Waals surface area contributed by atoms with Gasteiger partial charge in [0.1, 0.15) is 0 Å². The molecule has 5 nitrogen and oxygen atoms in total. The SMILES string of the molecule is CC1(C)OCC(CS(=O)(=O)c2nc3ccccc3s2)CO1. The fourth-order valence-corrected chi connectivity index (χ4v) is 5.06. The van der Waals surface area contributed by atoms with Gasteiger partial charge < -0.3 is 9.47 Å². The maximum absolute atomic E-state index is 12.5. The zero-order chi connectivity index (χ0) is 15.1. The fourth-order valence-electron chi connectivity index (χ4n) is 2.19. The summed E-state index contributed by atoms with van der Waals surface area (Å²) in [6.07, 6.45) is 0. The minimum Gasteiger partial charge on any atom is -0.350 e. The van der Waals surface area contributed by atoms with Crippen molar-refractivity contribution in [3.05, 3.63) is 24.3 Å². The Labute approximate surface area is 127 Å². The normalized spacial score (nSPS) is 19.9. The lowest BCUT2D eigenvalue weighted by molar-refractivity contribution is -0.259. The third-order valence-corrected chi connectivity index (χ3v) is 6.71. The van der Waals surface area contributed by atoms with E-state index in [9.17, 15) is 8.42 Å². The van der Waals surface area contributed by atoms with Crippen molar-refractivity contribution in [1.82, 2.24) is 4.98 Å². The fraction of sp³-hybridized carbons (Fsp3) is 0.500. The number of sulfone groups is 1. The van der Waals surface area contributed by atoms with E-state index in [2.05, 4.69) is 4.98 Å². The summed E-state index contributed by atoms with van der Waals surface area (Å²) in [6, 6.07) is 7.42. The Morgan fingerprint density at radius 3 is 2.62 bits per heavy atom. The van der Waals surface area contributed by atoms with Gasteiger partial charge >= 0.3 is 0 Å². The van der Waals surface area contributed by atoms with E-state index in [1.807, 2.05) is 38.1 Å². The van der Waals surface area contributed by atoms with Crippen molar-refractivity contribution in [1.29, 1.82) is 0 Å². The predicted molar refractivity (Wildman–Crippen MR) is 81.1 cm³/mol. The molecule has 2 aromatic rings. The van der Waals surface area contributed by atoms with E-state index in [1.54, 1.807) is 0 Å². The van der Waals surface area contributed by atoms with E-state index in [1.165, 1.54) is 11.3 Å². The molecule has 1 saturated heterocycles. The van der Waals surface area contributed by atoms with Gasteiger partial charge in [-0.2, -0.15) is 0 Å². The number of thiazole rings is 1. The summed E-state index contributed by atoms with van der Waals surface area (Å²) >= 11 is 1.21. The summed E-state index contributed by atoms with van der Waals surface area (Å²) < 4.78 is 37.0. The average molecular weight is 327 g/mol. The Kier molecular flexibility index (Phi) is 3.77. The van der Waals surface area contributed by atoms with Gasteiger partial charge in [-0.3, -0.25) is 0 Å². The number of ether oxygens (including phenoxy) is 2. The summed E-state index contributed by atoms with van der Waals surface area (Å²) in [5.41, 5.74) is 0.721. The van der Waals surface area contributed by atoms with Gasteiger partial charge in [-0.15, -0.1) is 11.3 Å². The minimum atomic E-state index is -3.41. The standard InChI is InChI=1S/C14H17NO4S2/c1-14(2)18-7-10(8-19-14)9-21(16,17)13-15-11-5-3-4-6-12(11)20-13/h3-6,10H,7-9H2,1-2H3. The Hall–Kier alpha value is -1.02. The maximum Gasteiger partial charge on any atom is 0.210 e. The Balaban J connectivity index is 1.78. The van der Waals surface area contributed by atoms with E-state index in [0.29, 0.717) is 13.2 Å². The van der Waals surface area contributed by atoms with Gasteiger partial charge in [-0.05, 0) is 26.0 Å². The van der Waals surface area contributed by atoms with Gasteiger partial charge in [0.15, 0.2) is 5.79 Å². The van der Waals surface area contributed by atoms with Crippen LogP contribution in [0.5, 0.6) is 0 Å². The van der Waals surface area contributed by atoms with E-state index < -0.39 is 15.6 Å². The number of rotatable bonds is 3. The summed E-state index contributed by atoms with van der Waals surface area (Å²) in [5, 5.41) is 0. The van der Waals surface area contributed by atoms with Crippen molar-refractivity contribution in [3.63, 3.8) is 0 Å². The first-order chi connectivity index (χ1) is 9.86. The second-order valence-electron chi connectivity index (χ2n) is 5.62. The van der Waals surface area contributed by atoms with Crippen LogP contribution in [-0.4, -0.2) is 38.2 Å². The van der Waals surface area contributed by atoms with Crippen molar-refractivity contribution < 1.29 is 17.9 Å². The lowest BCUT2D eigenvalue weighted by Gasteiger charge is -2.34. The van der Waals surface area contributed by atoms with Crippen molar-refractivity contribution >= 4 is 31.4 Å². The van der Waals surface area contributed by atoms with Gasteiger partial charge in [-0.1, -0.05) is 12.1 Å². The molecule has 0 saturated carbocycles. The van der Waals surface area contributed by atoms with E-state index in [-0.39, 0.29) is 16.0 Å². The van der Waals surface area contributed by atoms with Gasteiger partial charge in [0.25, 0.3) is 0 Å². The van der Waals surface area contributed by atoms with E-state index >= 15 is 0 Å². The Morgan fingerprint density at radius 1 is 1.29 bits per heavy atom. The molecule has 1 aliphatic rings. The third kappa shape index (κ3) is 3.26. The molecular weight excluding hydrogens is 310 g/mol. The number of hydrogen-bond donors (Lipinski definition) is 0. The first-order valence-electron chi connectivity index (χ1n) is 6.72. The van der Waals surface area contributed by atoms with Crippen LogP contribution < -0.4 is 0 Å². The molecule has 0 aliphatic carbocycles. The van der Waals surface area contributed by atoms with Crippen LogP contribution in [0.1, 0.15) is 13.8 Å². The lowest BCUT2D eigenvalue weighted by atomic mass is 10.2.